The molecule has 0 bridgehead atoms. The number of likely N-dealkylation sites (tertiary alicyclic amines) is 1. The molecule has 0 saturated carbocycles. The van der Waals surface area contributed by atoms with Crippen LogP contribution < -0.4 is 5.32 Å². The molecule has 1 heterocycles. The smallest absolute Gasteiger partial charge is 0.251 e. The number of nitrogens with zero attached hydrogens (tertiary/aromatic N) is 1. The SMILES string of the molecule is CN1CCCC1CCNC(=O)c1cccc(F)c1. The van der Waals surface area contributed by atoms with Gasteiger partial charge in [-0.3, -0.25) is 4.79 Å². The molecule has 1 aliphatic heterocycles. The van der Waals surface area contributed by atoms with Crippen LogP contribution in [0.1, 0.15) is 29.6 Å². The number of amides is 1. The van der Waals surface area contributed by atoms with Crippen LogP contribution >= 0.6 is 0 Å². The van der Waals surface area contributed by atoms with Crippen LogP contribution in [0.3, 0.4) is 0 Å². The first-order valence-corrected chi connectivity index (χ1v) is 6.41. The first-order chi connectivity index (χ1) is 8.66. The molecular weight excluding hydrogens is 231 g/mol. The average Bonchev–Trinajstić information content (AvgIpc) is 2.75. The standard InChI is InChI=1S/C14H19FN2O/c1-17-9-3-6-13(17)7-8-16-14(18)11-4-2-5-12(15)10-11/h2,4-5,10,13H,3,6-9H2,1H3,(H,16,18). The fourth-order valence-electron chi connectivity index (χ4n) is 2.43. The van der Waals surface area contributed by atoms with Crippen molar-refractivity contribution >= 4 is 5.91 Å². The molecule has 1 aromatic carbocycles. The number of carbonyl (C=O) groups excluding carboxylic acids is 1. The Labute approximate surface area is 107 Å². The van der Waals surface area contributed by atoms with Gasteiger partial charge in [0.15, 0.2) is 0 Å². The van der Waals surface area contributed by atoms with E-state index in [4.69, 9.17) is 0 Å². The molecule has 1 aliphatic rings. The van der Waals surface area contributed by atoms with Gasteiger partial charge in [-0.2, -0.15) is 0 Å². The van der Waals surface area contributed by atoms with E-state index >= 15 is 0 Å². The van der Waals surface area contributed by atoms with Gasteiger partial charge in [0.2, 0.25) is 0 Å². The number of rotatable bonds is 4. The molecule has 1 saturated heterocycles. The fraction of sp³-hybridized carbons (Fsp3) is 0.500. The molecule has 1 aromatic rings. The van der Waals surface area contributed by atoms with Crippen LogP contribution in [0.2, 0.25) is 0 Å². The molecule has 1 unspecified atom stereocenters. The van der Waals surface area contributed by atoms with Crippen molar-refractivity contribution in [2.45, 2.75) is 25.3 Å². The summed E-state index contributed by atoms with van der Waals surface area (Å²) in [5.74, 6) is -0.576. The zero-order chi connectivity index (χ0) is 13.0. The Morgan fingerprint density at radius 1 is 1.56 bits per heavy atom. The van der Waals surface area contributed by atoms with Gasteiger partial charge in [-0.15, -0.1) is 0 Å². The summed E-state index contributed by atoms with van der Waals surface area (Å²) in [7, 11) is 2.12. The highest BCUT2D eigenvalue weighted by atomic mass is 19.1. The lowest BCUT2D eigenvalue weighted by Crippen LogP contribution is -2.31. The van der Waals surface area contributed by atoms with Gasteiger partial charge in [-0.05, 0) is 51.1 Å². The molecule has 1 amide bonds. The Balaban J connectivity index is 1.78. The van der Waals surface area contributed by atoms with Crippen LogP contribution in [0.4, 0.5) is 4.39 Å². The van der Waals surface area contributed by atoms with E-state index in [2.05, 4.69) is 17.3 Å². The first-order valence-electron chi connectivity index (χ1n) is 6.41. The predicted octanol–water partition coefficient (Wildman–Crippen LogP) is 2.04. The third-order valence-electron chi connectivity index (χ3n) is 3.52. The van der Waals surface area contributed by atoms with E-state index in [9.17, 15) is 9.18 Å². The molecule has 1 atom stereocenters. The summed E-state index contributed by atoms with van der Waals surface area (Å²) < 4.78 is 13.0. The van der Waals surface area contributed by atoms with E-state index in [1.54, 1.807) is 12.1 Å². The highest BCUT2D eigenvalue weighted by Crippen LogP contribution is 2.17. The molecule has 0 radical (unpaired) electrons. The van der Waals surface area contributed by atoms with E-state index in [1.165, 1.54) is 25.0 Å². The highest BCUT2D eigenvalue weighted by Gasteiger charge is 2.20. The van der Waals surface area contributed by atoms with Crippen LogP contribution in [0.15, 0.2) is 24.3 Å². The molecule has 1 N–H and O–H groups in total. The number of hydrogen-bond donors (Lipinski definition) is 1. The molecular formula is C14H19FN2O. The second-order valence-electron chi connectivity index (χ2n) is 4.83. The predicted molar refractivity (Wildman–Crippen MR) is 69.0 cm³/mol. The largest absolute Gasteiger partial charge is 0.352 e. The van der Waals surface area contributed by atoms with E-state index in [1.807, 2.05) is 0 Å². The number of hydrogen-bond acceptors (Lipinski definition) is 2. The van der Waals surface area contributed by atoms with Crippen molar-refractivity contribution in [2.75, 3.05) is 20.1 Å². The molecule has 0 aromatic heterocycles. The van der Waals surface area contributed by atoms with Gasteiger partial charge >= 0.3 is 0 Å². The lowest BCUT2D eigenvalue weighted by atomic mass is 10.1. The van der Waals surface area contributed by atoms with Gasteiger partial charge in [-0.1, -0.05) is 6.07 Å². The van der Waals surface area contributed by atoms with Crippen molar-refractivity contribution in [1.82, 2.24) is 10.2 Å². The second kappa shape index (κ2) is 5.96. The van der Waals surface area contributed by atoms with Crippen molar-refractivity contribution in [3.05, 3.63) is 35.6 Å². The maximum atomic E-state index is 13.0. The summed E-state index contributed by atoms with van der Waals surface area (Å²) in [6.45, 7) is 1.78. The van der Waals surface area contributed by atoms with Crippen LogP contribution in [0.5, 0.6) is 0 Å². The van der Waals surface area contributed by atoms with Gasteiger partial charge in [0, 0.05) is 18.2 Å². The Morgan fingerprint density at radius 3 is 3.06 bits per heavy atom. The number of benzene rings is 1. The number of halogens is 1. The number of nitrogens with one attached hydrogen (secondary N) is 1. The van der Waals surface area contributed by atoms with Crippen LogP contribution in [-0.2, 0) is 0 Å². The lowest BCUT2D eigenvalue weighted by Gasteiger charge is -2.19. The third-order valence-corrected chi connectivity index (χ3v) is 3.52. The summed E-state index contributed by atoms with van der Waals surface area (Å²) in [6, 6.07) is 6.34. The quantitative estimate of drug-likeness (QED) is 0.887. The minimum Gasteiger partial charge on any atom is -0.352 e. The van der Waals surface area contributed by atoms with E-state index in [-0.39, 0.29) is 11.7 Å². The Hall–Kier alpha value is -1.42. The van der Waals surface area contributed by atoms with E-state index in [0.717, 1.165) is 13.0 Å². The van der Waals surface area contributed by atoms with Gasteiger partial charge in [0.1, 0.15) is 5.82 Å². The van der Waals surface area contributed by atoms with Crippen molar-refractivity contribution < 1.29 is 9.18 Å². The van der Waals surface area contributed by atoms with Crippen molar-refractivity contribution in [3.8, 4) is 0 Å². The molecule has 0 aliphatic carbocycles. The van der Waals surface area contributed by atoms with Gasteiger partial charge in [-0.25, -0.2) is 4.39 Å². The molecule has 2 rings (SSSR count). The molecule has 98 valence electrons. The summed E-state index contributed by atoms with van der Waals surface area (Å²) in [4.78, 5) is 14.1. The van der Waals surface area contributed by atoms with Crippen LogP contribution in [0, 0.1) is 5.82 Å². The van der Waals surface area contributed by atoms with Crippen LogP contribution in [-0.4, -0.2) is 37.0 Å². The minimum absolute atomic E-state index is 0.199. The van der Waals surface area contributed by atoms with Gasteiger partial charge in [0.05, 0.1) is 0 Å². The second-order valence-corrected chi connectivity index (χ2v) is 4.83. The topological polar surface area (TPSA) is 32.3 Å². The molecule has 18 heavy (non-hydrogen) atoms. The first kappa shape index (κ1) is 13.0. The van der Waals surface area contributed by atoms with Crippen LogP contribution in [0.25, 0.3) is 0 Å². The van der Waals surface area contributed by atoms with Gasteiger partial charge < -0.3 is 10.2 Å². The Kier molecular flexibility index (Phi) is 4.31. The summed E-state index contributed by atoms with van der Waals surface area (Å²) in [5.41, 5.74) is 0.384. The molecule has 0 spiro atoms. The zero-order valence-electron chi connectivity index (χ0n) is 10.7. The molecule has 4 heteroatoms. The minimum atomic E-state index is -0.377. The van der Waals surface area contributed by atoms with Crippen molar-refractivity contribution in [1.29, 1.82) is 0 Å². The highest BCUT2D eigenvalue weighted by molar-refractivity contribution is 5.94. The fourth-order valence-corrected chi connectivity index (χ4v) is 2.43. The summed E-state index contributed by atoms with van der Waals surface area (Å²) in [5, 5.41) is 2.84. The Bertz CT molecular complexity index is 422. The van der Waals surface area contributed by atoms with Crippen molar-refractivity contribution in [2.24, 2.45) is 0 Å². The Morgan fingerprint density at radius 2 is 2.39 bits per heavy atom. The summed E-state index contributed by atoms with van der Waals surface area (Å²) >= 11 is 0. The lowest BCUT2D eigenvalue weighted by molar-refractivity contribution is 0.0950. The van der Waals surface area contributed by atoms with Gasteiger partial charge in [0.25, 0.3) is 5.91 Å². The maximum Gasteiger partial charge on any atom is 0.251 e. The van der Waals surface area contributed by atoms with E-state index < -0.39 is 0 Å². The number of carbonyl (C=O) groups is 1. The van der Waals surface area contributed by atoms with E-state index in [0.29, 0.717) is 18.2 Å². The third kappa shape index (κ3) is 3.29. The molecule has 1 fully saturated rings. The normalized spacial score (nSPS) is 20.0. The molecule has 3 nitrogen and oxygen atoms in total. The zero-order valence-corrected chi connectivity index (χ0v) is 10.7. The maximum absolute atomic E-state index is 13.0. The monoisotopic (exact) mass is 250 g/mol. The van der Waals surface area contributed by atoms with Crippen molar-refractivity contribution in [3.63, 3.8) is 0 Å². The average molecular weight is 250 g/mol. The summed E-state index contributed by atoms with van der Waals surface area (Å²) in [6.07, 6.45) is 3.39.